The second-order valence-corrected chi connectivity index (χ2v) is 12.2. The van der Waals surface area contributed by atoms with Crippen molar-refractivity contribution < 1.29 is 34.4 Å². The van der Waals surface area contributed by atoms with Crippen LogP contribution in [0.5, 0.6) is 0 Å². The monoisotopic (exact) mass is 567 g/mol. The molecule has 2 nitrogen and oxygen atoms in total. The van der Waals surface area contributed by atoms with E-state index < -0.39 is 24.8 Å². The van der Waals surface area contributed by atoms with Gasteiger partial charge in [-0.25, -0.2) is 9.37 Å². The fourth-order valence-electron chi connectivity index (χ4n) is 4.48. The van der Waals surface area contributed by atoms with Crippen molar-refractivity contribution in [3.05, 3.63) is 144 Å². The van der Waals surface area contributed by atoms with E-state index in [1.165, 1.54) is 28.1 Å². The van der Waals surface area contributed by atoms with Gasteiger partial charge in [-0.3, -0.25) is 0 Å². The van der Waals surface area contributed by atoms with Crippen LogP contribution in [0.4, 0.5) is 17.6 Å². The standard InChI is InChI=1S/C31H23F4NOP.ClH/c32-29-20-24(31(33,34)35)18-16-23(29)17-19-30-36-25(21-37-30)22-38(26-10-4-1-5-11-26,27-12-6-2-7-13-27)28-14-8-3-9-15-28;/h1-21H,22H2;1H/q+1;/p-1. The number of oxazole rings is 1. The van der Waals surface area contributed by atoms with Crippen LogP contribution in [0.15, 0.2) is 120 Å². The van der Waals surface area contributed by atoms with Crippen molar-refractivity contribution in [2.75, 3.05) is 0 Å². The summed E-state index contributed by atoms with van der Waals surface area (Å²) < 4.78 is 58.5. The number of nitrogens with zero attached hydrogens (tertiary/aromatic N) is 1. The van der Waals surface area contributed by atoms with E-state index in [1.54, 1.807) is 6.26 Å². The van der Waals surface area contributed by atoms with Crippen molar-refractivity contribution in [2.24, 2.45) is 0 Å². The molecule has 0 bridgehead atoms. The lowest BCUT2D eigenvalue weighted by molar-refractivity contribution is -0.137. The second kappa shape index (κ2) is 12.0. The Morgan fingerprint density at radius 2 is 1.23 bits per heavy atom. The molecule has 8 heteroatoms. The third-order valence-corrected chi connectivity index (χ3v) is 10.6. The molecule has 1 heterocycles. The zero-order valence-corrected chi connectivity index (χ0v) is 22.2. The SMILES string of the molecule is Fc1cc(C(F)(F)F)ccc1C=Cc1nc(C[P+](c2ccccc2)(c2ccccc2)c2ccccc2)co1.[Cl-]. The van der Waals surface area contributed by atoms with Crippen LogP contribution in [-0.2, 0) is 12.3 Å². The molecule has 0 spiro atoms. The number of aromatic nitrogens is 1. The molecule has 0 aliphatic heterocycles. The summed E-state index contributed by atoms with van der Waals surface area (Å²) >= 11 is 0. The molecule has 0 aliphatic rings. The maximum Gasteiger partial charge on any atom is 0.416 e. The number of rotatable bonds is 7. The number of hydrogen-bond acceptors (Lipinski definition) is 2. The van der Waals surface area contributed by atoms with Gasteiger partial charge in [0.25, 0.3) is 0 Å². The molecular weight excluding hydrogens is 545 g/mol. The van der Waals surface area contributed by atoms with Gasteiger partial charge in [0, 0.05) is 11.6 Å². The van der Waals surface area contributed by atoms with E-state index in [0.29, 0.717) is 12.2 Å². The van der Waals surface area contributed by atoms with E-state index in [2.05, 4.69) is 41.4 Å². The Morgan fingerprint density at radius 1 is 0.718 bits per heavy atom. The van der Waals surface area contributed by atoms with Gasteiger partial charge in [-0.05, 0) is 54.6 Å². The summed E-state index contributed by atoms with van der Waals surface area (Å²) in [4.78, 5) is 4.65. The molecule has 0 fully saturated rings. The summed E-state index contributed by atoms with van der Waals surface area (Å²) in [5, 5.41) is 3.60. The minimum absolute atomic E-state index is 0. The minimum Gasteiger partial charge on any atom is -1.00 e. The van der Waals surface area contributed by atoms with E-state index in [0.717, 1.165) is 17.8 Å². The summed E-state index contributed by atoms with van der Waals surface area (Å²) in [6.45, 7) is 0. The van der Waals surface area contributed by atoms with Gasteiger partial charge >= 0.3 is 6.18 Å². The predicted molar refractivity (Wildman–Crippen MR) is 146 cm³/mol. The summed E-state index contributed by atoms with van der Waals surface area (Å²) in [6, 6.07) is 33.5. The largest absolute Gasteiger partial charge is 1.00 e. The number of hydrogen-bond donors (Lipinski definition) is 0. The Morgan fingerprint density at radius 3 is 1.69 bits per heavy atom. The summed E-state index contributed by atoms with van der Waals surface area (Å²) in [5.41, 5.74) is -0.298. The Hall–Kier alpha value is -3.73. The maximum absolute atomic E-state index is 14.3. The quantitative estimate of drug-likeness (QED) is 0.214. The molecule has 0 saturated heterocycles. The average Bonchev–Trinajstić information content (AvgIpc) is 3.39. The van der Waals surface area contributed by atoms with Gasteiger partial charge in [0.1, 0.15) is 47.1 Å². The van der Waals surface area contributed by atoms with Crippen molar-refractivity contribution in [3.8, 4) is 0 Å². The fourth-order valence-corrected chi connectivity index (χ4v) is 8.60. The number of halogens is 5. The zero-order chi connectivity index (χ0) is 26.6. The summed E-state index contributed by atoms with van der Waals surface area (Å²) in [7, 11) is -2.18. The van der Waals surface area contributed by atoms with Crippen LogP contribution >= 0.6 is 7.26 Å². The minimum atomic E-state index is -4.60. The predicted octanol–water partition coefficient (Wildman–Crippen LogP) is 4.50. The average molecular weight is 568 g/mol. The van der Waals surface area contributed by atoms with Gasteiger partial charge in [-0.15, -0.1) is 0 Å². The molecule has 5 rings (SSSR count). The molecule has 4 aromatic carbocycles. The first-order valence-corrected chi connectivity index (χ1v) is 13.9. The van der Waals surface area contributed by atoms with Crippen LogP contribution in [0.3, 0.4) is 0 Å². The maximum atomic E-state index is 14.3. The van der Waals surface area contributed by atoms with Crippen LogP contribution in [0, 0.1) is 5.82 Å². The van der Waals surface area contributed by atoms with Gasteiger partial charge in [0.15, 0.2) is 0 Å². The van der Waals surface area contributed by atoms with E-state index >= 15 is 0 Å². The normalized spacial score (nSPS) is 11.9. The van der Waals surface area contributed by atoms with Gasteiger partial charge in [0.05, 0.1) is 5.56 Å². The van der Waals surface area contributed by atoms with Crippen molar-refractivity contribution in [1.29, 1.82) is 0 Å². The first-order valence-electron chi connectivity index (χ1n) is 11.9. The number of alkyl halides is 3. The summed E-state index contributed by atoms with van der Waals surface area (Å²) in [5.74, 6) is -0.725. The van der Waals surface area contributed by atoms with Crippen LogP contribution in [-0.4, -0.2) is 4.98 Å². The van der Waals surface area contributed by atoms with Crippen molar-refractivity contribution in [3.63, 3.8) is 0 Å². The third-order valence-electron chi connectivity index (χ3n) is 6.29. The van der Waals surface area contributed by atoms with E-state index in [9.17, 15) is 17.6 Å². The van der Waals surface area contributed by atoms with Crippen molar-refractivity contribution in [1.82, 2.24) is 4.98 Å². The van der Waals surface area contributed by atoms with Crippen molar-refractivity contribution >= 4 is 35.3 Å². The highest BCUT2D eigenvalue weighted by Gasteiger charge is 2.46. The fraction of sp³-hybridized carbons (Fsp3) is 0.0645. The van der Waals surface area contributed by atoms with E-state index in [1.807, 2.05) is 54.6 Å². The molecule has 0 aliphatic carbocycles. The second-order valence-electron chi connectivity index (χ2n) is 8.72. The Labute approximate surface area is 230 Å². The third kappa shape index (κ3) is 6.13. The molecule has 39 heavy (non-hydrogen) atoms. The molecule has 0 saturated carbocycles. The highest BCUT2D eigenvalue weighted by molar-refractivity contribution is 7.95. The van der Waals surface area contributed by atoms with Crippen molar-refractivity contribution in [2.45, 2.75) is 12.3 Å². The topological polar surface area (TPSA) is 26.0 Å². The molecule has 0 amide bonds. The summed E-state index contributed by atoms with van der Waals surface area (Å²) in [6.07, 6.45) is 0.401. The molecule has 1 aromatic heterocycles. The van der Waals surface area contributed by atoms with Crippen LogP contribution in [0.1, 0.15) is 22.7 Å². The van der Waals surface area contributed by atoms with E-state index in [4.69, 9.17) is 4.42 Å². The van der Waals surface area contributed by atoms with Gasteiger partial charge in [-0.1, -0.05) is 60.7 Å². The van der Waals surface area contributed by atoms with Gasteiger partial charge in [-0.2, -0.15) is 13.2 Å². The number of benzene rings is 4. The highest BCUT2D eigenvalue weighted by Crippen LogP contribution is 2.58. The lowest BCUT2D eigenvalue weighted by Crippen LogP contribution is -3.00. The first-order chi connectivity index (χ1) is 18.4. The van der Waals surface area contributed by atoms with E-state index in [-0.39, 0.29) is 23.9 Å². The molecule has 0 atom stereocenters. The molecule has 198 valence electrons. The lowest BCUT2D eigenvalue weighted by Gasteiger charge is -2.26. The molecular formula is C31H23ClF4NOP. The molecule has 0 N–H and O–H groups in total. The lowest BCUT2D eigenvalue weighted by atomic mass is 10.1. The molecule has 0 radical (unpaired) electrons. The molecule has 5 aromatic rings. The van der Waals surface area contributed by atoms with Gasteiger partial charge < -0.3 is 16.8 Å². The Bertz CT molecular complexity index is 1440. The van der Waals surface area contributed by atoms with Crippen LogP contribution < -0.4 is 28.3 Å². The first kappa shape index (κ1) is 28.3. The Kier molecular flexibility index (Phi) is 8.69. The smallest absolute Gasteiger partial charge is 0.416 e. The van der Waals surface area contributed by atoms with Crippen LogP contribution in [0.25, 0.3) is 12.2 Å². The molecule has 0 unspecified atom stereocenters. The van der Waals surface area contributed by atoms with Gasteiger partial charge in [0.2, 0.25) is 5.89 Å². The Balaban J connectivity index is 0.00000353. The zero-order valence-electron chi connectivity index (χ0n) is 20.5. The van der Waals surface area contributed by atoms with Crippen LogP contribution in [0.2, 0.25) is 0 Å². The highest BCUT2D eigenvalue weighted by atomic mass is 35.5.